The molecule has 0 saturated heterocycles. The van der Waals surface area contributed by atoms with Crippen LogP contribution >= 0.6 is 23.2 Å². The number of carbonyl (C=O) groups excluding carboxylic acids is 1. The first-order chi connectivity index (χ1) is 10.1. The van der Waals surface area contributed by atoms with Gasteiger partial charge in [0.1, 0.15) is 11.6 Å². The molecule has 0 aliphatic heterocycles. The number of benzene rings is 2. The summed E-state index contributed by atoms with van der Waals surface area (Å²) >= 11 is 11.9. The van der Waals surface area contributed by atoms with Gasteiger partial charge in [-0.25, -0.2) is 0 Å². The minimum atomic E-state index is -0.537. The molecule has 5 heteroatoms. The van der Waals surface area contributed by atoms with Gasteiger partial charge in [-0.1, -0.05) is 59.6 Å². The van der Waals surface area contributed by atoms with Crippen molar-refractivity contribution in [1.29, 1.82) is 5.26 Å². The van der Waals surface area contributed by atoms with Crippen LogP contribution in [0.15, 0.2) is 54.1 Å². The van der Waals surface area contributed by atoms with Gasteiger partial charge >= 0.3 is 0 Å². The fourth-order valence-corrected chi connectivity index (χ4v) is 2.00. The zero-order valence-corrected chi connectivity index (χ0v) is 12.3. The number of carbonyl (C=O) groups is 1. The second-order valence-electron chi connectivity index (χ2n) is 4.14. The van der Waals surface area contributed by atoms with Gasteiger partial charge in [0.05, 0.1) is 15.7 Å². The summed E-state index contributed by atoms with van der Waals surface area (Å²) in [4.78, 5) is 12.1. The van der Waals surface area contributed by atoms with Crippen molar-refractivity contribution in [3.05, 3.63) is 69.7 Å². The molecule has 1 N–H and O–H groups in total. The second-order valence-corrected chi connectivity index (χ2v) is 4.92. The highest BCUT2D eigenvalue weighted by atomic mass is 35.5. The van der Waals surface area contributed by atoms with Crippen molar-refractivity contribution in [2.24, 2.45) is 0 Å². The quantitative estimate of drug-likeness (QED) is 0.667. The van der Waals surface area contributed by atoms with Gasteiger partial charge in [0.15, 0.2) is 0 Å². The minimum absolute atomic E-state index is 0.0164. The third-order valence-electron chi connectivity index (χ3n) is 2.68. The van der Waals surface area contributed by atoms with E-state index in [2.05, 4.69) is 5.32 Å². The molecule has 2 aromatic rings. The molecule has 2 rings (SSSR count). The highest BCUT2D eigenvalue weighted by molar-refractivity contribution is 6.44. The molecule has 0 radical (unpaired) electrons. The van der Waals surface area contributed by atoms with Gasteiger partial charge in [-0.05, 0) is 23.8 Å². The summed E-state index contributed by atoms with van der Waals surface area (Å²) in [5.41, 5.74) is 1.11. The van der Waals surface area contributed by atoms with E-state index in [0.717, 1.165) is 5.56 Å². The summed E-state index contributed by atoms with van der Waals surface area (Å²) in [5.74, 6) is -0.537. The fraction of sp³-hybridized carbons (Fsp3) is 0. The number of hydrogen-bond donors (Lipinski definition) is 1. The van der Waals surface area contributed by atoms with Gasteiger partial charge in [0.2, 0.25) is 0 Å². The van der Waals surface area contributed by atoms with Gasteiger partial charge in [0, 0.05) is 0 Å². The van der Waals surface area contributed by atoms with Crippen LogP contribution < -0.4 is 5.32 Å². The summed E-state index contributed by atoms with van der Waals surface area (Å²) in [6, 6.07) is 15.9. The molecular formula is C16H10Cl2N2O. The third kappa shape index (κ3) is 3.85. The Labute approximate surface area is 132 Å². The molecule has 2 aromatic carbocycles. The van der Waals surface area contributed by atoms with E-state index in [1.807, 2.05) is 24.3 Å². The molecular weight excluding hydrogens is 307 g/mol. The van der Waals surface area contributed by atoms with E-state index in [9.17, 15) is 4.79 Å². The second kappa shape index (κ2) is 6.94. The number of nitrogens with zero attached hydrogens (tertiary/aromatic N) is 1. The van der Waals surface area contributed by atoms with Crippen LogP contribution in [0.5, 0.6) is 0 Å². The average molecular weight is 317 g/mol. The number of amides is 1. The molecule has 0 aromatic heterocycles. The molecule has 0 atom stereocenters. The monoisotopic (exact) mass is 316 g/mol. The van der Waals surface area contributed by atoms with Crippen molar-refractivity contribution in [3.63, 3.8) is 0 Å². The maximum atomic E-state index is 12.1. The Bertz CT molecular complexity index is 734. The first-order valence-electron chi connectivity index (χ1n) is 6.04. The van der Waals surface area contributed by atoms with Crippen LogP contribution in [0.3, 0.4) is 0 Å². The van der Waals surface area contributed by atoms with Crippen LogP contribution in [0.25, 0.3) is 6.08 Å². The highest BCUT2D eigenvalue weighted by Crippen LogP contribution is 2.29. The first-order valence-corrected chi connectivity index (χ1v) is 6.79. The van der Waals surface area contributed by atoms with Gasteiger partial charge in [-0.2, -0.15) is 5.26 Å². The molecule has 0 aliphatic rings. The SMILES string of the molecule is N#C/C(=C\c1ccccc1)C(=O)Nc1cccc(Cl)c1Cl. The minimum Gasteiger partial charge on any atom is -0.320 e. The van der Waals surface area contributed by atoms with Crippen molar-refractivity contribution in [2.45, 2.75) is 0 Å². The molecule has 0 aliphatic carbocycles. The predicted molar refractivity (Wildman–Crippen MR) is 85.1 cm³/mol. The average Bonchev–Trinajstić information content (AvgIpc) is 2.50. The Balaban J connectivity index is 2.24. The van der Waals surface area contributed by atoms with Gasteiger partial charge in [-0.15, -0.1) is 0 Å². The summed E-state index contributed by atoms with van der Waals surface area (Å²) in [6.07, 6.45) is 1.51. The topological polar surface area (TPSA) is 52.9 Å². The largest absolute Gasteiger partial charge is 0.320 e. The van der Waals surface area contributed by atoms with Crippen molar-refractivity contribution in [3.8, 4) is 6.07 Å². The fourth-order valence-electron chi connectivity index (χ4n) is 1.65. The van der Waals surface area contributed by atoms with Gasteiger partial charge in [0.25, 0.3) is 5.91 Å². The van der Waals surface area contributed by atoms with E-state index in [1.165, 1.54) is 6.08 Å². The van der Waals surface area contributed by atoms with Crippen LogP contribution in [0, 0.1) is 11.3 Å². The van der Waals surface area contributed by atoms with Crippen LogP contribution in [0.1, 0.15) is 5.56 Å². The molecule has 0 unspecified atom stereocenters. The Kier molecular flexibility index (Phi) is 4.99. The number of nitrogens with one attached hydrogen (secondary N) is 1. The van der Waals surface area contributed by atoms with Crippen LogP contribution in [0.2, 0.25) is 10.0 Å². The van der Waals surface area contributed by atoms with Crippen molar-refractivity contribution < 1.29 is 4.79 Å². The lowest BCUT2D eigenvalue weighted by molar-refractivity contribution is -0.112. The molecule has 104 valence electrons. The third-order valence-corrected chi connectivity index (χ3v) is 3.49. The van der Waals surface area contributed by atoms with E-state index in [4.69, 9.17) is 28.5 Å². The van der Waals surface area contributed by atoms with E-state index in [-0.39, 0.29) is 10.6 Å². The zero-order chi connectivity index (χ0) is 15.2. The van der Waals surface area contributed by atoms with E-state index in [1.54, 1.807) is 30.3 Å². The summed E-state index contributed by atoms with van der Waals surface area (Å²) < 4.78 is 0. The molecule has 0 fully saturated rings. The lowest BCUT2D eigenvalue weighted by Gasteiger charge is -2.07. The van der Waals surface area contributed by atoms with Gasteiger partial charge in [-0.3, -0.25) is 4.79 Å². The highest BCUT2D eigenvalue weighted by Gasteiger charge is 2.12. The summed E-state index contributed by atoms with van der Waals surface area (Å²) in [6.45, 7) is 0. The number of hydrogen-bond acceptors (Lipinski definition) is 2. The Morgan fingerprint density at radius 1 is 1.10 bits per heavy atom. The maximum Gasteiger partial charge on any atom is 0.266 e. The van der Waals surface area contributed by atoms with Crippen LogP contribution in [0.4, 0.5) is 5.69 Å². The standard InChI is InChI=1S/C16H10Cl2N2O/c17-13-7-4-8-14(15(13)18)20-16(21)12(10-19)9-11-5-2-1-3-6-11/h1-9H,(H,20,21)/b12-9+. The molecule has 3 nitrogen and oxygen atoms in total. The normalized spacial score (nSPS) is 10.8. The lowest BCUT2D eigenvalue weighted by atomic mass is 10.1. The zero-order valence-electron chi connectivity index (χ0n) is 10.8. The lowest BCUT2D eigenvalue weighted by Crippen LogP contribution is -2.13. The van der Waals surface area contributed by atoms with Crippen molar-refractivity contribution >= 4 is 40.9 Å². The Morgan fingerprint density at radius 3 is 2.48 bits per heavy atom. The van der Waals surface area contributed by atoms with E-state index in [0.29, 0.717) is 10.7 Å². The molecule has 21 heavy (non-hydrogen) atoms. The molecule has 0 bridgehead atoms. The number of halogens is 2. The maximum absolute atomic E-state index is 12.1. The smallest absolute Gasteiger partial charge is 0.266 e. The number of anilines is 1. The van der Waals surface area contributed by atoms with Crippen LogP contribution in [-0.4, -0.2) is 5.91 Å². The van der Waals surface area contributed by atoms with E-state index >= 15 is 0 Å². The molecule has 1 amide bonds. The van der Waals surface area contributed by atoms with Crippen molar-refractivity contribution in [2.75, 3.05) is 5.32 Å². The van der Waals surface area contributed by atoms with Gasteiger partial charge < -0.3 is 5.32 Å². The number of rotatable bonds is 3. The molecule has 0 saturated carbocycles. The van der Waals surface area contributed by atoms with Crippen LogP contribution in [-0.2, 0) is 4.79 Å². The predicted octanol–water partition coefficient (Wildman–Crippen LogP) is 4.54. The Hall–Kier alpha value is -2.28. The first kappa shape index (κ1) is 15.1. The van der Waals surface area contributed by atoms with E-state index < -0.39 is 5.91 Å². The Morgan fingerprint density at radius 2 is 1.81 bits per heavy atom. The summed E-state index contributed by atoms with van der Waals surface area (Å²) in [5, 5.41) is 12.3. The molecule has 0 spiro atoms. The summed E-state index contributed by atoms with van der Waals surface area (Å²) in [7, 11) is 0. The number of nitriles is 1. The van der Waals surface area contributed by atoms with Crippen molar-refractivity contribution in [1.82, 2.24) is 0 Å². The molecule has 0 heterocycles.